The second kappa shape index (κ2) is 10.8. The summed E-state index contributed by atoms with van der Waals surface area (Å²) in [5.74, 6) is 0.723. The van der Waals surface area contributed by atoms with Crippen molar-refractivity contribution in [3.05, 3.63) is 58.1 Å². The van der Waals surface area contributed by atoms with Crippen LogP contribution in [0.1, 0.15) is 37.7 Å². The van der Waals surface area contributed by atoms with Crippen molar-refractivity contribution in [2.75, 3.05) is 37.6 Å². The summed E-state index contributed by atoms with van der Waals surface area (Å²) in [4.78, 5) is 9.45. The molecule has 0 amide bonds. The molecule has 7 heteroatoms. The first kappa shape index (κ1) is 23.8. The Labute approximate surface area is 212 Å². The number of rotatable bonds is 9. The van der Waals surface area contributed by atoms with E-state index in [1.165, 1.54) is 12.8 Å². The molecule has 182 valence electrons. The van der Waals surface area contributed by atoms with E-state index in [4.69, 9.17) is 32.9 Å². The van der Waals surface area contributed by atoms with Crippen molar-refractivity contribution in [2.24, 2.45) is 10.9 Å². The summed E-state index contributed by atoms with van der Waals surface area (Å²) >= 11 is 12.5. The third-order valence-electron chi connectivity index (χ3n) is 6.99. The fourth-order valence-electron chi connectivity index (χ4n) is 4.95. The topological polar surface area (TPSA) is 51.1 Å². The molecule has 2 aliphatic heterocycles. The van der Waals surface area contributed by atoms with Crippen LogP contribution in [0.15, 0.2) is 47.5 Å². The number of halogens is 2. The van der Waals surface area contributed by atoms with Crippen molar-refractivity contribution in [2.45, 2.75) is 50.7 Å². The zero-order valence-corrected chi connectivity index (χ0v) is 21.0. The van der Waals surface area contributed by atoms with Crippen LogP contribution in [0.5, 0.6) is 5.75 Å². The lowest BCUT2D eigenvalue weighted by Gasteiger charge is -2.26. The predicted octanol–water partition coefficient (Wildman–Crippen LogP) is 4.83. The van der Waals surface area contributed by atoms with Crippen molar-refractivity contribution in [3.63, 3.8) is 0 Å². The number of aliphatic imine (C=N–C) groups is 1. The number of benzene rings is 2. The van der Waals surface area contributed by atoms with E-state index in [2.05, 4.69) is 15.9 Å². The Morgan fingerprint density at radius 1 is 1.03 bits per heavy atom. The molecule has 1 unspecified atom stereocenters. The summed E-state index contributed by atoms with van der Waals surface area (Å²) in [7, 11) is 0. The molecule has 2 aromatic rings. The van der Waals surface area contributed by atoms with Gasteiger partial charge < -0.3 is 24.6 Å². The largest absolute Gasteiger partial charge is 0.862 e. The number of anilines is 1. The minimum absolute atomic E-state index is 0.0282. The van der Waals surface area contributed by atoms with Gasteiger partial charge in [-0.2, -0.15) is 0 Å². The van der Waals surface area contributed by atoms with Gasteiger partial charge in [0.2, 0.25) is 0 Å². The van der Waals surface area contributed by atoms with Crippen LogP contribution in [0.2, 0.25) is 10.0 Å². The van der Waals surface area contributed by atoms with E-state index in [-0.39, 0.29) is 17.9 Å². The second-order valence-corrected chi connectivity index (χ2v) is 10.7. The summed E-state index contributed by atoms with van der Waals surface area (Å²) in [6, 6.07) is 13.8. The maximum absolute atomic E-state index is 13.2. The lowest BCUT2D eigenvalue weighted by molar-refractivity contribution is -0.223. The van der Waals surface area contributed by atoms with Crippen molar-refractivity contribution in [1.29, 1.82) is 0 Å². The van der Waals surface area contributed by atoms with Crippen molar-refractivity contribution >= 4 is 34.8 Å². The van der Waals surface area contributed by atoms with Crippen molar-refractivity contribution in [1.82, 2.24) is 4.90 Å². The Morgan fingerprint density at radius 3 is 2.50 bits per heavy atom. The Bertz CT molecular complexity index is 1000. The van der Waals surface area contributed by atoms with Gasteiger partial charge in [-0.25, -0.2) is 0 Å². The molecule has 0 aromatic heterocycles. The molecular weight excluding hydrogens is 469 g/mol. The molecule has 1 saturated carbocycles. The predicted molar refractivity (Wildman–Crippen MR) is 137 cm³/mol. The van der Waals surface area contributed by atoms with Crippen LogP contribution in [0.4, 0.5) is 5.69 Å². The van der Waals surface area contributed by atoms with Gasteiger partial charge in [-0.1, -0.05) is 29.3 Å². The van der Waals surface area contributed by atoms with Crippen molar-refractivity contribution in [3.8, 4) is 5.75 Å². The van der Waals surface area contributed by atoms with E-state index in [0.29, 0.717) is 24.1 Å². The lowest BCUT2D eigenvalue weighted by atomic mass is 10.0. The first-order valence-electron chi connectivity index (χ1n) is 12.5. The Morgan fingerprint density at radius 2 is 1.79 bits per heavy atom. The molecule has 34 heavy (non-hydrogen) atoms. The average molecular weight is 501 g/mol. The van der Waals surface area contributed by atoms with Crippen LogP contribution in [-0.2, 0) is 6.42 Å². The molecule has 0 N–H and O–H groups in total. The highest BCUT2D eigenvalue weighted by atomic mass is 35.5. The minimum Gasteiger partial charge on any atom is -0.862 e. The molecule has 1 aliphatic carbocycles. The third-order valence-corrected chi connectivity index (χ3v) is 7.54. The molecule has 2 atom stereocenters. The van der Waals surface area contributed by atoms with Crippen LogP contribution in [0, 0.1) is 5.92 Å². The Balaban J connectivity index is 1.27. The van der Waals surface area contributed by atoms with Crippen molar-refractivity contribution < 1.29 is 9.84 Å². The number of ether oxygens (including phenoxy) is 1. The minimum atomic E-state index is -0.0681. The Kier molecular flexibility index (Phi) is 7.52. The van der Waals surface area contributed by atoms with E-state index in [9.17, 15) is 5.11 Å². The summed E-state index contributed by atoms with van der Waals surface area (Å²) in [5, 5.41) is 14.6. The first-order chi connectivity index (χ1) is 16.5. The van der Waals surface area contributed by atoms with Gasteiger partial charge >= 0.3 is 0 Å². The van der Waals surface area contributed by atoms with Gasteiger partial charge in [-0.15, -0.1) is 0 Å². The Hall–Kier alpha value is -1.95. The third kappa shape index (κ3) is 6.18. The maximum atomic E-state index is 13.2. The zero-order valence-electron chi connectivity index (χ0n) is 19.5. The van der Waals surface area contributed by atoms with E-state index in [0.717, 1.165) is 67.5 Å². The van der Waals surface area contributed by atoms with Gasteiger partial charge in [-0.05, 0) is 99.5 Å². The van der Waals surface area contributed by atoms with Gasteiger partial charge in [-0.3, -0.25) is 0 Å². The highest BCUT2D eigenvalue weighted by Crippen LogP contribution is 2.33. The normalized spacial score (nSPS) is 22.4. The quantitative estimate of drug-likeness (QED) is 0.365. The van der Waals surface area contributed by atoms with Crippen LogP contribution in [0.25, 0.3) is 0 Å². The lowest BCUT2D eigenvalue weighted by Crippen LogP contribution is -2.36. The number of likely N-dealkylation sites (tertiary alicyclic amines) is 1. The molecule has 3 fully saturated rings. The molecule has 3 aliphatic rings. The standard InChI is InChI=1S/C27H33Cl2N3O2/c28-21-4-6-23(7-5-21)32-14-11-20(17-32)27(33)30-22(18-31-12-1-2-13-31)15-19-3-10-26(25(29)16-19)34-24-8-9-24/h3-7,10,16,20,22,24H,1-2,8-9,11-15,17-18H2,(H,30,33)/p-1/t20-,22?/m1/s1. The summed E-state index contributed by atoms with van der Waals surface area (Å²) < 4.78 is 5.88. The fourth-order valence-corrected chi connectivity index (χ4v) is 5.33. The first-order valence-corrected chi connectivity index (χ1v) is 13.2. The summed E-state index contributed by atoms with van der Waals surface area (Å²) in [6.07, 6.45) is 6.51. The van der Waals surface area contributed by atoms with E-state index in [1.807, 2.05) is 36.4 Å². The molecular formula is C27H32Cl2N3O2-. The number of hydrogen-bond donors (Lipinski definition) is 0. The van der Waals surface area contributed by atoms with Gasteiger partial charge in [0.1, 0.15) is 5.75 Å². The van der Waals surface area contributed by atoms with E-state index < -0.39 is 0 Å². The monoisotopic (exact) mass is 500 g/mol. The summed E-state index contributed by atoms with van der Waals surface area (Å²) in [6.45, 7) is 4.56. The van der Waals surface area contributed by atoms with E-state index >= 15 is 0 Å². The summed E-state index contributed by atoms with van der Waals surface area (Å²) in [5.41, 5.74) is 2.21. The molecule has 5 rings (SSSR count). The second-order valence-electron chi connectivity index (χ2n) is 9.82. The van der Waals surface area contributed by atoms with Crippen LogP contribution in [-0.4, -0.2) is 55.7 Å². The molecule has 0 radical (unpaired) electrons. The average Bonchev–Trinajstić information content (AvgIpc) is 3.26. The molecule has 0 bridgehead atoms. The zero-order chi connectivity index (χ0) is 23.5. The van der Waals surface area contributed by atoms with Crippen LogP contribution >= 0.6 is 23.2 Å². The molecule has 2 aromatic carbocycles. The highest BCUT2D eigenvalue weighted by molar-refractivity contribution is 6.32. The van der Waals surface area contributed by atoms with Gasteiger partial charge in [0.25, 0.3) is 0 Å². The van der Waals surface area contributed by atoms with Gasteiger partial charge in [0.05, 0.1) is 17.2 Å². The molecule has 2 saturated heterocycles. The van der Waals surface area contributed by atoms with Gasteiger partial charge in [0.15, 0.2) is 0 Å². The van der Waals surface area contributed by atoms with E-state index in [1.54, 1.807) is 0 Å². The SMILES string of the molecule is [O-]C(=NC(Cc1ccc(OC2CC2)c(Cl)c1)CN1CCCC1)[C@@H]1CCN(c2ccc(Cl)cc2)C1. The smallest absolute Gasteiger partial charge is 0.138 e. The molecule has 5 nitrogen and oxygen atoms in total. The number of nitrogens with zero attached hydrogens (tertiary/aromatic N) is 3. The van der Waals surface area contributed by atoms with Crippen LogP contribution in [0.3, 0.4) is 0 Å². The maximum Gasteiger partial charge on any atom is 0.138 e. The number of hydrogen-bond acceptors (Lipinski definition) is 5. The van der Waals surface area contributed by atoms with Gasteiger partial charge in [0, 0.05) is 36.3 Å². The fraction of sp³-hybridized carbons (Fsp3) is 0.519. The highest BCUT2D eigenvalue weighted by Gasteiger charge is 2.26. The molecule has 0 spiro atoms. The molecule has 2 heterocycles. The van der Waals surface area contributed by atoms with Crippen LogP contribution < -0.4 is 14.7 Å².